The Morgan fingerprint density at radius 3 is 2.84 bits per heavy atom. The van der Waals surface area contributed by atoms with Crippen molar-refractivity contribution in [3.63, 3.8) is 0 Å². The van der Waals surface area contributed by atoms with Crippen LogP contribution >= 0.6 is 0 Å². The van der Waals surface area contributed by atoms with Gasteiger partial charge in [0.25, 0.3) is 0 Å². The maximum absolute atomic E-state index is 12.3. The van der Waals surface area contributed by atoms with Crippen LogP contribution in [0.25, 0.3) is 0 Å². The first-order chi connectivity index (χ1) is 8.99. The highest BCUT2D eigenvalue weighted by Gasteiger charge is 2.42. The van der Waals surface area contributed by atoms with Gasteiger partial charge in [-0.25, -0.2) is 13.1 Å². The van der Waals surface area contributed by atoms with Crippen molar-refractivity contribution in [2.45, 2.75) is 49.0 Å². The van der Waals surface area contributed by atoms with Crippen LogP contribution in [-0.4, -0.2) is 31.2 Å². The van der Waals surface area contributed by atoms with Gasteiger partial charge in [-0.15, -0.1) is 0 Å². The summed E-state index contributed by atoms with van der Waals surface area (Å²) < 4.78 is 34.8. The standard InChI is InChI=1S/C12H19N3O3S/c1-15-7-10(4-8(15)6-13)19(16,17)14-11-5-9-2-3-12(11)18-9/h4,7,9,11-12,14H,2-3,5-6,13H2,1H3. The maximum atomic E-state index is 12.3. The molecular weight excluding hydrogens is 266 g/mol. The number of rotatable bonds is 4. The van der Waals surface area contributed by atoms with Crippen LogP contribution in [0.2, 0.25) is 0 Å². The second-order valence-corrected chi connectivity index (χ2v) is 7.03. The molecule has 0 saturated carbocycles. The van der Waals surface area contributed by atoms with E-state index in [0.29, 0.717) is 6.54 Å². The van der Waals surface area contributed by atoms with Gasteiger partial charge in [0.1, 0.15) is 0 Å². The minimum atomic E-state index is -3.48. The van der Waals surface area contributed by atoms with E-state index in [-0.39, 0.29) is 23.1 Å². The van der Waals surface area contributed by atoms with Crippen LogP contribution in [0.1, 0.15) is 25.0 Å². The zero-order chi connectivity index (χ0) is 13.6. The number of nitrogens with zero attached hydrogens (tertiary/aromatic N) is 1. The van der Waals surface area contributed by atoms with Crippen molar-refractivity contribution in [1.82, 2.24) is 9.29 Å². The van der Waals surface area contributed by atoms with Gasteiger partial charge in [-0.1, -0.05) is 0 Å². The first kappa shape index (κ1) is 13.1. The number of aromatic nitrogens is 1. The zero-order valence-corrected chi connectivity index (χ0v) is 11.7. The molecule has 1 aromatic heterocycles. The Morgan fingerprint density at radius 2 is 2.32 bits per heavy atom. The van der Waals surface area contributed by atoms with Crippen molar-refractivity contribution in [2.75, 3.05) is 0 Å². The number of hydrogen-bond donors (Lipinski definition) is 2. The van der Waals surface area contributed by atoms with Crippen molar-refractivity contribution < 1.29 is 13.2 Å². The summed E-state index contributed by atoms with van der Waals surface area (Å²) in [6.45, 7) is 0.323. The zero-order valence-electron chi connectivity index (χ0n) is 10.9. The number of nitrogens with two attached hydrogens (primary N) is 1. The molecule has 0 aliphatic carbocycles. The van der Waals surface area contributed by atoms with Crippen LogP contribution in [0.3, 0.4) is 0 Å². The fourth-order valence-corrected chi connectivity index (χ4v) is 4.33. The second-order valence-electron chi connectivity index (χ2n) is 5.32. The maximum Gasteiger partial charge on any atom is 0.242 e. The molecule has 6 nitrogen and oxygen atoms in total. The average molecular weight is 285 g/mol. The molecule has 2 aliphatic rings. The highest BCUT2D eigenvalue weighted by Crippen LogP contribution is 2.35. The van der Waals surface area contributed by atoms with E-state index in [0.717, 1.165) is 25.0 Å². The molecule has 3 atom stereocenters. The Kier molecular flexibility index (Phi) is 3.17. The number of fused-ring (bicyclic) bond motifs is 2. The minimum absolute atomic E-state index is 0.0393. The fraction of sp³-hybridized carbons (Fsp3) is 0.667. The molecule has 2 fully saturated rings. The van der Waals surface area contributed by atoms with E-state index >= 15 is 0 Å². The lowest BCUT2D eigenvalue weighted by molar-refractivity contribution is 0.0996. The van der Waals surface area contributed by atoms with E-state index < -0.39 is 10.0 Å². The molecule has 2 aliphatic heterocycles. The van der Waals surface area contributed by atoms with Gasteiger partial charge in [0.15, 0.2) is 0 Å². The molecule has 19 heavy (non-hydrogen) atoms. The number of hydrogen-bond acceptors (Lipinski definition) is 4. The van der Waals surface area contributed by atoms with E-state index in [1.807, 2.05) is 0 Å². The lowest BCUT2D eigenvalue weighted by Crippen LogP contribution is -2.41. The fourth-order valence-electron chi connectivity index (χ4n) is 2.96. The Balaban J connectivity index is 1.78. The van der Waals surface area contributed by atoms with Crippen LogP contribution < -0.4 is 10.5 Å². The molecular formula is C12H19N3O3S. The van der Waals surface area contributed by atoms with Gasteiger partial charge in [-0.05, 0) is 25.3 Å². The van der Waals surface area contributed by atoms with E-state index in [4.69, 9.17) is 10.5 Å². The molecule has 2 bridgehead atoms. The van der Waals surface area contributed by atoms with Gasteiger partial charge in [-0.2, -0.15) is 0 Å². The van der Waals surface area contributed by atoms with Crippen molar-refractivity contribution in [2.24, 2.45) is 12.8 Å². The van der Waals surface area contributed by atoms with Gasteiger partial charge >= 0.3 is 0 Å². The van der Waals surface area contributed by atoms with Gasteiger partial charge in [0, 0.05) is 25.5 Å². The quantitative estimate of drug-likeness (QED) is 0.820. The SMILES string of the molecule is Cn1cc(S(=O)(=O)NC2CC3CCC2O3)cc1CN. The summed E-state index contributed by atoms with van der Waals surface area (Å²) in [6, 6.07) is 1.53. The van der Waals surface area contributed by atoms with Gasteiger partial charge in [-0.3, -0.25) is 0 Å². The Morgan fingerprint density at radius 1 is 1.53 bits per heavy atom. The van der Waals surface area contributed by atoms with Crippen molar-refractivity contribution in [1.29, 1.82) is 0 Å². The molecule has 1 aromatic rings. The number of nitrogens with one attached hydrogen (secondary N) is 1. The lowest BCUT2D eigenvalue weighted by atomic mass is 9.96. The van der Waals surface area contributed by atoms with Crippen LogP contribution in [0.4, 0.5) is 0 Å². The van der Waals surface area contributed by atoms with Crippen LogP contribution in [0, 0.1) is 0 Å². The molecule has 0 radical (unpaired) electrons. The summed E-state index contributed by atoms with van der Waals surface area (Å²) in [5, 5.41) is 0. The summed E-state index contributed by atoms with van der Waals surface area (Å²) in [7, 11) is -1.69. The summed E-state index contributed by atoms with van der Waals surface area (Å²) in [6.07, 6.45) is 4.64. The van der Waals surface area contributed by atoms with Crippen molar-refractivity contribution >= 4 is 10.0 Å². The molecule has 0 spiro atoms. The smallest absolute Gasteiger partial charge is 0.242 e. The summed E-state index contributed by atoms with van der Waals surface area (Å²) in [4.78, 5) is 0.276. The highest BCUT2D eigenvalue weighted by atomic mass is 32.2. The number of sulfonamides is 1. The molecule has 2 saturated heterocycles. The third kappa shape index (κ3) is 2.31. The average Bonchev–Trinajstić information content (AvgIpc) is 3.02. The molecule has 3 heterocycles. The van der Waals surface area contributed by atoms with E-state index in [1.165, 1.54) is 0 Å². The first-order valence-corrected chi connectivity index (χ1v) is 8.01. The molecule has 106 valence electrons. The molecule has 0 aromatic carbocycles. The molecule has 3 N–H and O–H groups in total. The molecule has 3 unspecified atom stereocenters. The first-order valence-electron chi connectivity index (χ1n) is 6.52. The highest BCUT2D eigenvalue weighted by molar-refractivity contribution is 7.89. The lowest BCUT2D eigenvalue weighted by Gasteiger charge is -2.19. The summed E-state index contributed by atoms with van der Waals surface area (Å²) >= 11 is 0. The number of aryl methyl sites for hydroxylation is 1. The summed E-state index contributed by atoms with van der Waals surface area (Å²) in [5.74, 6) is 0. The number of ether oxygens (including phenoxy) is 1. The van der Waals surface area contributed by atoms with E-state index in [2.05, 4.69) is 4.72 Å². The Hall–Kier alpha value is -0.890. The molecule has 3 rings (SSSR count). The Bertz CT molecular complexity index is 581. The predicted molar refractivity (Wildman–Crippen MR) is 69.9 cm³/mol. The Labute approximate surface area is 113 Å². The monoisotopic (exact) mass is 285 g/mol. The van der Waals surface area contributed by atoms with Crippen LogP contribution in [-0.2, 0) is 28.4 Å². The molecule has 0 amide bonds. The normalized spacial score (nSPS) is 30.1. The molecule has 7 heteroatoms. The van der Waals surface area contributed by atoms with Crippen LogP contribution in [0.15, 0.2) is 17.2 Å². The van der Waals surface area contributed by atoms with Crippen molar-refractivity contribution in [3.8, 4) is 0 Å². The third-order valence-corrected chi connectivity index (χ3v) is 5.47. The predicted octanol–water partition coefficient (Wildman–Crippen LogP) is 0.0820. The topological polar surface area (TPSA) is 86.3 Å². The van der Waals surface area contributed by atoms with Gasteiger partial charge in [0.2, 0.25) is 10.0 Å². The third-order valence-electron chi connectivity index (χ3n) is 4.01. The van der Waals surface area contributed by atoms with E-state index in [1.54, 1.807) is 23.9 Å². The van der Waals surface area contributed by atoms with E-state index in [9.17, 15) is 8.42 Å². The second kappa shape index (κ2) is 4.59. The van der Waals surface area contributed by atoms with Crippen LogP contribution in [0.5, 0.6) is 0 Å². The van der Waals surface area contributed by atoms with Gasteiger partial charge < -0.3 is 15.0 Å². The van der Waals surface area contributed by atoms with Crippen molar-refractivity contribution in [3.05, 3.63) is 18.0 Å². The minimum Gasteiger partial charge on any atom is -0.373 e. The van der Waals surface area contributed by atoms with Gasteiger partial charge in [0.05, 0.1) is 23.1 Å². The largest absolute Gasteiger partial charge is 0.373 e. The summed E-state index contributed by atoms with van der Waals surface area (Å²) in [5.41, 5.74) is 6.36.